The van der Waals surface area contributed by atoms with Gasteiger partial charge >= 0.3 is 0 Å². The molecule has 0 aliphatic heterocycles. The molecule has 1 aromatic rings. The molecular weight excluding hydrogens is 262 g/mol. The molecule has 0 bridgehead atoms. The van der Waals surface area contributed by atoms with Gasteiger partial charge in [0.15, 0.2) is 0 Å². The fourth-order valence-electron chi connectivity index (χ4n) is 2.09. The standard InChI is InChI=1S/C18H25NO2/c1-12(2)7-6-8-13(3)9-17(20)19-16-10-14(4)18(21)15(5)11-16/h7,9-11,21H,6,8H2,1-5H3,(H,19,20). The number of aryl methyl sites for hydroxylation is 2. The molecule has 0 aliphatic rings. The van der Waals surface area contributed by atoms with Crippen molar-refractivity contribution in [3.63, 3.8) is 0 Å². The average Bonchev–Trinajstić information content (AvgIpc) is 2.35. The van der Waals surface area contributed by atoms with Crippen LogP contribution in [0.3, 0.4) is 0 Å². The minimum Gasteiger partial charge on any atom is -0.507 e. The summed E-state index contributed by atoms with van der Waals surface area (Å²) in [6, 6.07) is 3.54. The molecule has 3 heteroatoms. The van der Waals surface area contributed by atoms with Gasteiger partial charge in [0.25, 0.3) is 0 Å². The third kappa shape index (κ3) is 5.86. The molecule has 0 aromatic heterocycles. The van der Waals surface area contributed by atoms with Crippen LogP contribution in [0.25, 0.3) is 0 Å². The molecular formula is C18H25NO2. The molecule has 0 heterocycles. The molecule has 114 valence electrons. The van der Waals surface area contributed by atoms with Gasteiger partial charge in [-0.2, -0.15) is 0 Å². The van der Waals surface area contributed by atoms with Crippen LogP contribution in [-0.2, 0) is 4.79 Å². The second kappa shape index (κ2) is 7.67. The fraction of sp³-hybridized carbons (Fsp3) is 0.389. The van der Waals surface area contributed by atoms with Gasteiger partial charge in [-0.1, -0.05) is 17.2 Å². The first-order valence-corrected chi connectivity index (χ1v) is 7.21. The molecule has 21 heavy (non-hydrogen) atoms. The lowest BCUT2D eigenvalue weighted by Crippen LogP contribution is -2.09. The number of nitrogens with one attached hydrogen (secondary N) is 1. The lowest BCUT2D eigenvalue weighted by molar-refractivity contribution is -0.112. The Bertz CT molecular complexity index is 556. The smallest absolute Gasteiger partial charge is 0.248 e. The van der Waals surface area contributed by atoms with Crippen LogP contribution in [-0.4, -0.2) is 11.0 Å². The summed E-state index contributed by atoms with van der Waals surface area (Å²) in [6.45, 7) is 9.74. The molecule has 0 atom stereocenters. The number of benzene rings is 1. The zero-order chi connectivity index (χ0) is 16.0. The number of carbonyl (C=O) groups excluding carboxylic acids is 1. The van der Waals surface area contributed by atoms with Gasteiger partial charge in [-0.05, 0) is 70.7 Å². The van der Waals surface area contributed by atoms with E-state index in [1.807, 2.05) is 20.8 Å². The van der Waals surface area contributed by atoms with E-state index in [1.165, 1.54) is 5.57 Å². The van der Waals surface area contributed by atoms with Gasteiger partial charge in [-0.3, -0.25) is 4.79 Å². The van der Waals surface area contributed by atoms with E-state index in [9.17, 15) is 9.90 Å². The maximum absolute atomic E-state index is 12.0. The minimum absolute atomic E-state index is 0.130. The summed E-state index contributed by atoms with van der Waals surface area (Å²) in [5.74, 6) is 0.149. The SMILES string of the molecule is CC(C)=CCCC(C)=CC(=O)Nc1cc(C)c(O)c(C)c1. The Morgan fingerprint density at radius 1 is 1.19 bits per heavy atom. The topological polar surface area (TPSA) is 49.3 Å². The monoisotopic (exact) mass is 287 g/mol. The van der Waals surface area contributed by atoms with Crippen LogP contribution in [0.1, 0.15) is 44.7 Å². The maximum Gasteiger partial charge on any atom is 0.248 e. The van der Waals surface area contributed by atoms with Crippen LogP contribution in [0.2, 0.25) is 0 Å². The van der Waals surface area contributed by atoms with Crippen LogP contribution >= 0.6 is 0 Å². The Morgan fingerprint density at radius 3 is 2.29 bits per heavy atom. The van der Waals surface area contributed by atoms with Gasteiger partial charge in [0.2, 0.25) is 5.91 Å². The van der Waals surface area contributed by atoms with E-state index in [2.05, 4.69) is 25.2 Å². The van der Waals surface area contributed by atoms with Gasteiger partial charge in [-0.25, -0.2) is 0 Å². The molecule has 0 saturated heterocycles. The first-order chi connectivity index (χ1) is 9.79. The third-order valence-corrected chi connectivity index (χ3v) is 3.23. The molecule has 0 saturated carbocycles. The highest BCUT2D eigenvalue weighted by Gasteiger charge is 2.05. The van der Waals surface area contributed by atoms with Gasteiger partial charge in [-0.15, -0.1) is 0 Å². The van der Waals surface area contributed by atoms with E-state index in [0.717, 1.165) is 29.5 Å². The number of aromatic hydroxyl groups is 1. The van der Waals surface area contributed by atoms with Crippen LogP contribution in [0.5, 0.6) is 5.75 Å². The number of carbonyl (C=O) groups is 1. The zero-order valence-electron chi connectivity index (χ0n) is 13.6. The van der Waals surface area contributed by atoms with Crippen molar-refractivity contribution in [2.24, 2.45) is 0 Å². The number of rotatable bonds is 5. The Hall–Kier alpha value is -2.03. The van der Waals surface area contributed by atoms with Gasteiger partial charge in [0, 0.05) is 11.8 Å². The molecule has 0 unspecified atom stereocenters. The Morgan fingerprint density at radius 2 is 1.76 bits per heavy atom. The fourth-order valence-corrected chi connectivity index (χ4v) is 2.09. The highest BCUT2D eigenvalue weighted by molar-refractivity contribution is 5.99. The predicted molar refractivity (Wildman–Crippen MR) is 88.6 cm³/mol. The molecule has 0 aliphatic carbocycles. The molecule has 0 radical (unpaired) electrons. The number of phenolic OH excluding ortho intramolecular Hbond substituents is 1. The molecule has 0 spiro atoms. The Labute approximate surface area is 127 Å². The van der Waals surface area contributed by atoms with Gasteiger partial charge in [0.1, 0.15) is 5.75 Å². The second-order valence-corrected chi connectivity index (χ2v) is 5.76. The van der Waals surface area contributed by atoms with Crippen molar-refractivity contribution in [2.75, 3.05) is 5.32 Å². The summed E-state index contributed by atoms with van der Waals surface area (Å²) < 4.78 is 0. The lowest BCUT2D eigenvalue weighted by Gasteiger charge is -2.08. The molecule has 1 amide bonds. The highest BCUT2D eigenvalue weighted by Crippen LogP contribution is 2.25. The first kappa shape index (κ1) is 17.0. The first-order valence-electron chi connectivity index (χ1n) is 7.21. The molecule has 1 aromatic carbocycles. The maximum atomic E-state index is 12.0. The summed E-state index contributed by atoms with van der Waals surface area (Å²) in [4.78, 5) is 12.0. The van der Waals surface area contributed by atoms with Crippen molar-refractivity contribution in [2.45, 2.75) is 47.5 Å². The van der Waals surface area contributed by atoms with Crippen molar-refractivity contribution in [3.05, 3.63) is 46.6 Å². The number of amides is 1. The van der Waals surface area contributed by atoms with Gasteiger partial charge < -0.3 is 10.4 Å². The summed E-state index contributed by atoms with van der Waals surface area (Å²) in [5, 5.41) is 12.6. The third-order valence-electron chi connectivity index (χ3n) is 3.23. The summed E-state index contributed by atoms with van der Waals surface area (Å²) in [7, 11) is 0. The van der Waals surface area contributed by atoms with Crippen LogP contribution in [0, 0.1) is 13.8 Å². The van der Waals surface area contributed by atoms with E-state index in [-0.39, 0.29) is 11.7 Å². The van der Waals surface area contributed by atoms with E-state index in [0.29, 0.717) is 5.69 Å². The largest absolute Gasteiger partial charge is 0.507 e. The number of anilines is 1. The predicted octanol–water partition coefficient (Wildman–Crippen LogP) is 4.64. The normalized spacial score (nSPS) is 11.2. The average molecular weight is 287 g/mol. The summed E-state index contributed by atoms with van der Waals surface area (Å²) >= 11 is 0. The highest BCUT2D eigenvalue weighted by atomic mass is 16.3. The number of hydrogen-bond acceptors (Lipinski definition) is 2. The van der Waals surface area contributed by atoms with Crippen molar-refractivity contribution >= 4 is 11.6 Å². The van der Waals surface area contributed by atoms with Gasteiger partial charge in [0.05, 0.1) is 0 Å². The number of allylic oxidation sites excluding steroid dienone is 3. The Balaban J connectivity index is 2.67. The molecule has 3 nitrogen and oxygen atoms in total. The van der Waals surface area contributed by atoms with Crippen molar-refractivity contribution in [3.8, 4) is 5.75 Å². The molecule has 1 rings (SSSR count). The minimum atomic E-state index is -0.130. The Kier molecular flexibility index (Phi) is 6.22. The van der Waals surface area contributed by atoms with Crippen LogP contribution < -0.4 is 5.32 Å². The molecule has 2 N–H and O–H groups in total. The quantitative estimate of drug-likeness (QED) is 0.471. The van der Waals surface area contributed by atoms with Crippen LogP contribution in [0.15, 0.2) is 35.4 Å². The zero-order valence-corrected chi connectivity index (χ0v) is 13.6. The van der Waals surface area contributed by atoms with E-state index >= 15 is 0 Å². The number of phenols is 1. The van der Waals surface area contributed by atoms with Crippen molar-refractivity contribution in [1.82, 2.24) is 0 Å². The van der Waals surface area contributed by atoms with Crippen molar-refractivity contribution < 1.29 is 9.90 Å². The van der Waals surface area contributed by atoms with E-state index in [1.54, 1.807) is 18.2 Å². The summed E-state index contributed by atoms with van der Waals surface area (Å²) in [6.07, 6.45) is 5.64. The van der Waals surface area contributed by atoms with E-state index in [4.69, 9.17) is 0 Å². The lowest BCUT2D eigenvalue weighted by atomic mass is 10.1. The molecule has 0 fully saturated rings. The summed E-state index contributed by atoms with van der Waals surface area (Å²) in [5.41, 5.74) is 4.57. The number of hydrogen-bond donors (Lipinski definition) is 2. The second-order valence-electron chi connectivity index (χ2n) is 5.76. The van der Waals surface area contributed by atoms with E-state index < -0.39 is 0 Å². The van der Waals surface area contributed by atoms with Crippen LogP contribution in [0.4, 0.5) is 5.69 Å². The van der Waals surface area contributed by atoms with Crippen molar-refractivity contribution in [1.29, 1.82) is 0 Å².